The zero-order valence-corrected chi connectivity index (χ0v) is 12.0. The summed E-state index contributed by atoms with van der Waals surface area (Å²) in [6.45, 7) is 2.02. The lowest BCUT2D eigenvalue weighted by Crippen LogP contribution is -2.20. The van der Waals surface area contributed by atoms with Gasteiger partial charge in [-0.05, 0) is 6.42 Å². The van der Waals surface area contributed by atoms with Crippen LogP contribution in [-0.2, 0) is 0 Å². The van der Waals surface area contributed by atoms with Gasteiger partial charge in [-0.2, -0.15) is 0 Å². The quantitative estimate of drug-likeness (QED) is 0.915. The summed E-state index contributed by atoms with van der Waals surface area (Å²) in [7, 11) is 0. The van der Waals surface area contributed by atoms with E-state index in [1.54, 1.807) is 0 Å². The van der Waals surface area contributed by atoms with Crippen molar-refractivity contribution >= 4 is 11.4 Å². The molecule has 0 aliphatic carbocycles. The lowest BCUT2D eigenvalue weighted by Gasteiger charge is -2.13. The molecule has 0 bridgehead atoms. The minimum Gasteiger partial charge on any atom is -0.351 e. The average Bonchev–Trinajstić information content (AvgIpc) is 2.87. The lowest BCUT2D eigenvalue weighted by molar-refractivity contribution is 0.0530. The van der Waals surface area contributed by atoms with Crippen molar-refractivity contribution < 1.29 is 5.11 Å². The van der Waals surface area contributed by atoms with Crippen LogP contribution in [0.3, 0.4) is 0 Å². The zero-order valence-electron chi connectivity index (χ0n) is 12.0. The van der Waals surface area contributed by atoms with E-state index in [1.165, 1.54) is 0 Å². The van der Waals surface area contributed by atoms with Crippen molar-refractivity contribution in [2.75, 3.05) is 0 Å². The van der Waals surface area contributed by atoms with Crippen molar-refractivity contribution in [1.29, 1.82) is 0 Å². The first-order valence-electron chi connectivity index (χ1n) is 7.25. The highest BCUT2D eigenvalue weighted by atomic mass is 16.3. The molecular formula is C18H18N2O. The van der Waals surface area contributed by atoms with Crippen LogP contribution >= 0.6 is 0 Å². The largest absolute Gasteiger partial charge is 0.351 e. The number of rotatable bonds is 4. The van der Waals surface area contributed by atoms with Gasteiger partial charge in [0, 0.05) is 17.5 Å². The van der Waals surface area contributed by atoms with Gasteiger partial charge in [-0.3, -0.25) is 0 Å². The molecule has 1 heterocycles. The van der Waals surface area contributed by atoms with E-state index in [-0.39, 0.29) is 0 Å². The lowest BCUT2D eigenvalue weighted by atomic mass is 10.0. The molecule has 3 heteroatoms. The minimum atomic E-state index is -1.33. The minimum absolute atomic E-state index is 0.527. The highest BCUT2D eigenvalue weighted by molar-refractivity contribution is 6.54. The smallest absolute Gasteiger partial charge is 0.255 e. The van der Waals surface area contributed by atoms with Gasteiger partial charge in [0.2, 0.25) is 0 Å². The molecule has 0 fully saturated rings. The maximum absolute atomic E-state index is 10.6. The van der Waals surface area contributed by atoms with Crippen molar-refractivity contribution in [3.63, 3.8) is 0 Å². The number of aliphatic imine (C=N–C) groups is 2. The standard InChI is InChI=1S/C18H18N2O/c1-2-13-18(21)19-16(14-9-5-3-6-10-14)17(20-18)15-11-7-4-8-12-15/h3-12,21H,2,13H2,1H3. The Morgan fingerprint density at radius 3 is 1.62 bits per heavy atom. The van der Waals surface area contributed by atoms with Gasteiger partial charge < -0.3 is 5.11 Å². The number of hydrogen-bond acceptors (Lipinski definition) is 3. The molecule has 2 aromatic carbocycles. The van der Waals surface area contributed by atoms with Crippen molar-refractivity contribution in [2.45, 2.75) is 25.6 Å². The zero-order chi connectivity index (χ0) is 14.7. The molecule has 0 amide bonds. The van der Waals surface area contributed by atoms with E-state index >= 15 is 0 Å². The molecule has 1 N–H and O–H groups in total. The molecule has 106 valence electrons. The third kappa shape index (κ3) is 2.78. The van der Waals surface area contributed by atoms with Crippen LogP contribution in [0.4, 0.5) is 0 Å². The van der Waals surface area contributed by atoms with E-state index in [9.17, 15) is 5.11 Å². The first-order chi connectivity index (χ1) is 10.2. The summed E-state index contributed by atoms with van der Waals surface area (Å²) < 4.78 is 0. The third-order valence-corrected chi connectivity index (χ3v) is 3.49. The Bertz CT molecular complexity index is 619. The first-order valence-corrected chi connectivity index (χ1v) is 7.25. The average molecular weight is 278 g/mol. The Morgan fingerprint density at radius 1 is 0.810 bits per heavy atom. The molecule has 1 aliphatic heterocycles. The Balaban J connectivity index is 2.09. The Morgan fingerprint density at radius 2 is 1.24 bits per heavy atom. The molecule has 3 rings (SSSR count). The molecule has 0 aromatic heterocycles. The summed E-state index contributed by atoms with van der Waals surface area (Å²) in [6.07, 6.45) is 1.35. The predicted molar refractivity (Wildman–Crippen MR) is 85.8 cm³/mol. The molecule has 3 nitrogen and oxygen atoms in total. The van der Waals surface area contributed by atoms with Gasteiger partial charge in [-0.1, -0.05) is 67.6 Å². The topological polar surface area (TPSA) is 45.0 Å². The third-order valence-electron chi connectivity index (χ3n) is 3.49. The number of benzene rings is 2. The summed E-state index contributed by atoms with van der Waals surface area (Å²) in [4.78, 5) is 9.01. The molecular weight excluding hydrogens is 260 g/mol. The maximum atomic E-state index is 10.6. The molecule has 0 unspecified atom stereocenters. The first kappa shape index (κ1) is 13.7. The highest BCUT2D eigenvalue weighted by Gasteiger charge is 2.33. The van der Waals surface area contributed by atoms with E-state index in [2.05, 4.69) is 9.98 Å². The van der Waals surface area contributed by atoms with Crippen molar-refractivity contribution in [2.24, 2.45) is 9.98 Å². The van der Waals surface area contributed by atoms with Gasteiger partial charge in [-0.25, -0.2) is 9.98 Å². The SMILES string of the molecule is CCCC1(O)N=C(c2ccccc2)C(c2ccccc2)=N1. The molecule has 1 aliphatic rings. The van der Waals surface area contributed by atoms with E-state index in [0.717, 1.165) is 29.0 Å². The predicted octanol–water partition coefficient (Wildman–Crippen LogP) is 3.42. The molecule has 0 spiro atoms. The number of hydrogen-bond donors (Lipinski definition) is 1. The fourth-order valence-corrected chi connectivity index (χ4v) is 2.53. The summed E-state index contributed by atoms with van der Waals surface area (Å²) in [6, 6.07) is 19.8. The molecule has 0 radical (unpaired) electrons. The van der Waals surface area contributed by atoms with Crippen LogP contribution in [0.2, 0.25) is 0 Å². The fraction of sp³-hybridized carbons (Fsp3) is 0.222. The maximum Gasteiger partial charge on any atom is 0.255 e. The Labute approximate surface area is 124 Å². The van der Waals surface area contributed by atoms with Crippen LogP contribution in [-0.4, -0.2) is 22.4 Å². The summed E-state index contributed by atoms with van der Waals surface area (Å²) in [5.74, 6) is -1.33. The van der Waals surface area contributed by atoms with Gasteiger partial charge in [0.1, 0.15) is 0 Å². The normalized spacial score (nSPS) is 16.5. The molecule has 2 aromatic rings. The van der Waals surface area contributed by atoms with E-state index in [1.807, 2.05) is 67.6 Å². The molecule has 0 atom stereocenters. The van der Waals surface area contributed by atoms with Crippen LogP contribution in [0.5, 0.6) is 0 Å². The van der Waals surface area contributed by atoms with Gasteiger partial charge in [0.25, 0.3) is 5.85 Å². The summed E-state index contributed by atoms with van der Waals surface area (Å²) in [5.41, 5.74) is 3.48. The van der Waals surface area contributed by atoms with Crippen LogP contribution in [0, 0.1) is 0 Å². The van der Waals surface area contributed by atoms with E-state index in [0.29, 0.717) is 6.42 Å². The van der Waals surface area contributed by atoms with E-state index in [4.69, 9.17) is 0 Å². The second-order valence-corrected chi connectivity index (χ2v) is 5.18. The monoisotopic (exact) mass is 278 g/mol. The van der Waals surface area contributed by atoms with Gasteiger partial charge in [0.05, 0.1) is 11.4 Å². The van der Waals surface area contributed by atoms with Crippen molar-refractivity contribution in [3.8, 4) is 0 Å². The van der Waals surface area contributed by atoms with Crippen LogP contribution < -0.4 is 0 Å². The molecule has 0 saturated carbocycles. The second kappa shape index (κ2) is 5.62. The highest BCUT2D eigenvalue weighted by Crippen LogP contribution is 2.27. The Kier molecular flexibility index (Phi) is 3.67. The van der Waals surface area contributed by atoms with Crippen LogP contribution in [0.1, 0.15) is 30.9 Å². The summed E-state index contributed by atoms with van der Waals surface area (Å²) in [5, 5.41) is 10.6. The molecule has 21 heavy (non-hydrogen) atoms. The van der Waals surface area contributed by atoms with Crippen LogP contribution in [0.25, 0.3) is 0 Å². The van der Waals surface area contributed by atoms with Gasteiger partial charge in [-0.15, -0.1) is 0 Å². The molecule has 0 saturated heterocycles. The van der Waals surface area contributed by atoms with E-state index < -0.39 is 5.85 Å². The Hall–Kier alpha value is -2.26. The van der Waals surface area contributed by atoms with Gasteiger partial charge in [0.15, 0.2) is 0 Å². The summed E-state index contributed by atoms with van der Waals surface area (Å²) >= 11 is 0. The van der Waals surface area contributed by atoms with Crippen molar-refractivity contribution in [3.05, 3.63) is 71.8 Å². The number of nitrogens with zero attached hydrogens (tertiary/aromatic N) is 2. The second-order valence-electron chi connectivity index (χ2n) is 5.18. The number of aliphatic hydroxyl groups is 1. The van der Waals surface area contributed by atoms with Gasteiger partial charge >= 0.3 is 0 Å². The van der Waals surface area contributed by atoms with Crippen LogP contribution in [0.15, 0.2) is 70.6 Å². The fourth-order valence-electron chi connectivity index (χ4n) is 2.53. The van der Waals surface area contributed by atoms with Crippen molar-refractivity contribution in [1.82, 2.24) is 0 Å².